The minimum absolute atomic E-state index is 0.00460. The maximum absolute atomic E-state index is 13.7. The zero-order chi connectivity index (χ0) is 26.7. The molecule has 0 spiro atoms. The van der Waals surface area contributed by atoms with Crippen LogP contribution in [0.2, 0.25) is 0 Å². The number of nitrogens with one attached hydrogen (secondary N) is 1. The number of halogens is 2. The Morgan fingerprint density at radius 2 is 1.86 bits per heavy atom. The predicted molar refractivity (Wildman–Crippen MR) is 129 cm³/mol. The summed E-state index contributed by atoms with van der Waals surface area (Å²) in [4.78, 5) is 43.5. The Morgan fingerprint density at radius 1 is 1.19 bits per heavy atom. The summed E-state index contributed by atoms with van der Waals surface area (Å²) >= 11 is 0. The van der Waals surface area contributed by atoms with Crippen molar-refractivity contribution in [2.45, 2.75) is 59.0 Å². The van der Waals surface area contributed by atoms with E-state index in [0.717, 1.165) is 17.5 Å². The number of aliphatic carboxylic acids is 1. The third kappa shape index (κ3) is 5.63. The first-order valence-corrected chi connectivity index (χ1v) is 11.7. The van der Waals surface area contributed by atoms with Gasteiger partial charge in [-0.25, -0.2) is 4.98 Å². The van der Waals surface area contributed by atoms with Crippen LogP contribution in [-0.4, -0.2) is 52.5 Å². The van der Waals surface area contributed by atoms with E-state index in [1.807, 2.05) is 25.1 Å². The van der Waals surface area contributed by atoms with Gasteiger partial charge in [0.1, 0.15) is 11.1 Å². The van der Waals surface area contributed by atoms with Crippen LogP contribution in [0.15, 0.2) is 36.4 Å². The molecule has 0 bridgehead atoms. The molecule has 36 heavy (non-hydrogen) atoms. The second-order valence-electron chi connectivity index (χ2n) is 9.74. The SMILES string of the molecule is CCCc1ccccc1C1(C(=O)Nc2ccc(C)nc2OC(F)F)CN(C(=O)CC(C)(C)C(=O)O)C1. The topological polar surface area (TPSA) is 109 Å². The number of anilines is 1. The van der Waals surface area contributed by atoms with Crippen LogP contribution in [0.4, 0.5) is 14.5 Å². The van der Waals surface area contributed by atoms with Gasteiger partial charge >= 0.3 is 12.6 Å². The van der Waals surface area contributed by atoms with Gasteiger partial charge in [-0.1, -0.05) is 37.6 Å². The molecule has 1 saturated heterocycles. The van der Waals surface area contributed by atoms with E-state index in [1.54, 1.807) is 19.1 Å². The number of amides is 2. The van der Waals surface area contributed by atoms with Crippen LogP contribution in [-0.2, 0) is 26.2 Å². The number of pyridine rings is 1. The van der Waals surface area contributed by atoms with E-state index in [-0.39, 0.29) is 31.1 Å². The lowest BCUT2D eigenvalue weighted by Gasteiger charge is -2.50. The van der Waals surface area contributed by atoms with Crippen molar-refractivity contribution < 1.29 is 33.0 Å². The molecule has 10 heteroatoms. The number of carbonyl (C=O) groups is 3. The van der Waals surface area contributed by atoms with Crippen LogP contribution in [0, 0.1) is 12.3 Å². The molecular formula is C26H31F2N3O5. The Kier molecular flexibility index (Phi) is 7.96. The minimum Gasteiger partial charge on any atom is -0.481 e. The monoisotopic (exact) mass is 503 g/mol. The first kappa shape index (κ1) is 27.0. The number of nitrogens with zero attached hydrogens (tertiary/aromatic N) is 2. The van der Waals surface area contributed by atoms with E-state index in [4.69, 9.17) is 0 Å². The molecular weight excluding hydrogens is 472 g/mol. The summed E-state index contributed by atoms with van der Waals surface area (Å²) in [5, 5.41) is 12.1. The fourth-order valence-electron chi connectivity index (χ4n) is 4.30. The summed E-state index contributed by atoms with van der Waals surface area (Å²) < 4.78 is 30.4. The Morgan fingerprint density at radius 3 is 2.47 bits per heavy atom. The second kappa shape index (κ2) is 10.6. The number of likely N-dealkylation sites (tertiary alicyclic amines) is 1. The Bertz CT molecular complexity index is 1150. The maximum Gasteiger partial charge on any atom is 0.388 e. The van der Waals surface area contributed by atoms with Crippen LogP contribution in [0.25, 0.3) is 0 Å². The average Bonchev–Trinajstić information content (AvgIpc) is 2.75. The number of hydrogen-bond acceptors (Lipinski definition) is 5. The van der Waals surface area contributed by atoms with Gasteiger partial charge in [0, 0.05) is 25.2 Å². The van der Waals surface area contributed by atoms with Gasteiger partial charge in [-0.05, 0) is 50.5 Å². The summed E-state index contributed by atoms with van der Waals surface area (Å²) in [6.45, 7) is 3.50. The van der Waals surface area contributed by atoms with Crippen molar-refractivity contribution in [2.24, 2.45) is 5.41 Å². The number of aryl methyl sites for hydroxylation is 2. The highest BCUT2D eigenvalue weighted by Crippen LogP contribution is 2.40. The lowest BCUT2D eigenvalue weighted by molar-refractivity contribution is -0.155. The Hall–Kier alpha value is -3.56. The van der Waals surface area contributed by atoms with Crippen molar-refractivity contribution in [2.75, 3.05) is 18.4 Å². The van der Waals surface area contributed by atoms with Gasteiger partial charge in [0.2, 0.25) is 17.7 Å². The van der Waals surface area contributed by atoms with E-state index < -0.39 is 35.2 Å². The van der Waals surface area contributed by atoms with Crippen LogP contribution >= 0.6 is 0 Å². The van der Waals surface area contributed by atoms with Gasteiger partial charge in [0.05, 0.1) is 5.41 Å². The normalized spacial score (nSPS) is 14.8. The summed E-state index contributed by atoms with van der Waals surface area (Å²) in [6, 6.07) is 10.4. The standard InChI is InChI=1S/C26H31F2N3O5/c1-5-8-17-9-6-7-10-18(17)26(14-31(15-26)20(32)13-25(3,4)23(34)35)22(33)30-19-12-11-16(2)29-21(19)36-24(27)28/h6-7,9-12,24H,5,8,13-15H2,1-4H3,(H,30,33)(H,34,35). The number of carboxylic acid groups (broad SMARTS) is 1. The van der Waals surface area contributed by atoms with Crippen molar-refractivity contribution in [1.29, 1.82) is 0 Å². The van der Waals surface area contributed by atoms with Gasteiger partial charge in [0.15, 0.2) is 0 Å². The van der Waals surface area contributed by atoms with Gasteiger partial charge in [0.25, 0.3) is 0 Å². The van der Waals surface area contributed by atoms with E-state index in [9.17, 15) is 28.3 Å². The molecule has 1 fully saturated rings. The van der Waals surface area contributed by atoms with Crippen molar-refractivity contribution >= 4 is 23.5 Å². The molecule has 8 nitrogen and oxygen atoms in total. The molecule has 3 rings (SSSR count). The number of hydrogen-bond donors (Lipinski definition) is 2. The second-order valence-corrected chi connectivity index (χ2v) is 9.74. The first-order chi connectivity index (χ1) is 16.9. The molecule has 194 valence electrons. The first-order valence-electron chi connectivity index (χ1n) is 11.7. The van der Waals surface area contributed by atoms with E-state index in [1.165, 1.54) is 24.8 Å². The zero-order valence-corrected chi connectivity index (χ0v) is 20.8. The molecule has 2 amide bonds. The number of ether oxygens (including phenoxy) is 1. The van der Waals surface area contributed by atoms with Gasteiger partial charge < -0.3 is 20.1 Å². The number of benzene rings is 1. The highest BCUT2D eigenvalue weighted by Gasteiger charge is 2.53. The van der Waals surface area contributed by atoms with Gasteiger partial charge in [-0.3, -0.25) is 14.4 Å². The summed E-state index contributed by atoms with van der Waals surface area (Å²) in [5.41, 5.74) is -0.293. The van der Waals surface area contributed by atoms with E-state index >= 15 is 0 Å². The summed E-state index contributed by atoms with van der Waals surface area (Å²) in [7, 11) is 0. The van der Waals surface area contributed by atoms with Crippen molar-refractivity contribution in [3.63, 3.8) is 0 Å². The molecule has 2 N–H and O–H groups in total. The smallest absolute Gasteiger partial charge is 0.388 e. The molecule has 0 radical (unpaired) electrons. The number of carboxylic acids is 1. The molecule has 1 aromatic heterocycles. The summed E-state index contributed by atoms with van der Waals surface area (Å²) in [5.74, 6) is -2.35. The average molecular weight is 504 g/mol. The van der Waals surface area contributed by atoms with Crippen LogP contribution < -0.4 is 10.1 Å². The van der Waals surface area contributed by atoms with Crippen molar-refractivity contribution in [3.05, 3.63) is 53.2 Å². The van der Waals surface area contributed by atoms with E-state index in [2.05, 4.69) is 15.0 Å². The van der Waals surface area contributed by atoms with Crippen LogP contribution in [0.5, 0.6) is 5.88 Å². The van der Waals surface area contributed by atoms with Crippen molar-refractivity contribution in [1.82, 2.24) is 9.88 Å². The fourth-order valence-corrected chi connectivity index (χ4v) is 4.30. The lowest BCUT2D eigenvalue weighted by Crippen LogP contribution is -2.67. The highest BCUT2D eigenvalue weighted by atomic mass is 19.3. The lowest BCUT2D eigenvalue weighted by atomic mass is 9.70. The summed E-state index contributed by atoms with van der Waals surface area (Å²) in [6.07, 6.45) is 1.32. The molecule has 2 aromatic rings. The molecule has 1 aromatic carbocycles. The molecule has 2 heterocycles. The number of alkyl halides is 2. The largest absolute Gasteiger partial charge is 0.481 e. The predicted octanol–water partition coefficient (Wildman–Crippen LogP) is 4.16. The molecule has 1 aliphatic rings. The van der Waals surface area contributed by atoms with Crippen molar-refractivity contribution in [3.8, 4) is 5.88 Å². The molecule has 0 atom stereocenters. The highest BCUT2D eigenvalue weighted by molar-refractivity contribution is 6.02. The number of carbonyl (C=O) groups excluding carboxylic acids is 2. The Labute approximate surface area is 208 Å². The van der Waals surface area contributed by atoms with E-state index in [0.29, 0.717) is 12.1 Å². The minimum atomic E-state index is -3.12. The van der Waals surface area contributed by atoms with Gasteiger partial charge in [-0.15, -0.1) is 0 Å². The molecule has 0 saturated carbocycles. The quantitative estimate of drug-likeness (QED) is 0.504. The molecule has 0 aliphatic carbocycles. The zero-order valence-electron chi connectivity index (χ0n) is 20.8. The third-order valence-corrected chi connectivity index (χ3v) is 6.38. The van der Waals surface area contributed by atoms with Gasteiger partial charge in [-0.2, -0.15) is 8.78 Å². The number of aromatic nitrogens is 1. The number of rotatable bonds is 10. The fraction of sp³-hybridized carbons (Fsp3) is 0.462. The molecule has 1 aliphatic heterocycles. The third-order valence-electron chi connectivity index (χ3n) is 6.38. The molecule has 0 unspecified atom stereocenters. The Balaban J connectivity index is 1.95. The maximum atomic E-state index is 13.7. The van der Waals surface area contributed by atoms with Crippen LogP contribution in [0.3, 0.4) is 0 Å². The van der Waals surface area contributed by atoms with Crippen LogP contribution in [0.1, 0.15) is 50.4 Å².